The summed E-state index contributed by atoms with van der Waals surface area (Å²) in [5, 5.41) is 41.0. The summed E-state index contributed by atoms with van der Waals surface area (Å²) >= 11 is 0. The maximum absolute atomic E-state index is 13.9. The number of aliphatic imine (C=N–C) groups is 1. The first-order chi connectivity index (χ1) is 25.7. The maximum atomic E-state index is 13.9. The molecule has 0 radical (unpaired) electrons. The number of carboxylic acid groups (broad SMARTS) is 1. The van der Waals surface area contributed by atoms with E-state index in [-0.39, 0.29) is 57.2 Å². The Balaban J connectivity index is 2.28. The standard InChI is InChI=1S/C35H62N10O10/c1-7-18(4)24(36)30(50)41-25(17(2)3)31(51)43-27(20(6)47)32(52)44-15-9-12-22(44)29(49)40-21(11-8-14-39-35(37)38)28(48)42-26(19(5)46)33(53)45-16-10-13-23(45)34(54)55/h17-27,46-47H,7-16,36H2,1-6H3,(H,40,49)(H,41,50)(H,42,48)(H,43,51)(H,54,55)(H4,37,38,39)/t18-,19+,20+,21-,22-,23-,24-,25-,26-,27-/m0/s1. The molecule has 0 unspecified atom stereocenters. The van der Waals surface area contributed by atoms with Crippen molar-refractivity contribution in [3.8, 4) is 0 Å². The van der Waals surface area contributed by atoms with E-state index in [0.717, 1.165) is 4.90 Å². The largest absolute Gasteiger partial charge is 0.480 e. The molecule has 0 aromatic heterocycles. The Morgan fingerprint density at radius 1 is 0.745 bits per heavy atom. The zero-order chi connectivity index (χ0) is 41.7. The summed E-state index contributed by atoms with van der Waals surface area (Å²) in [4.78, 5) is 99.0. The van der Waals surface area contributed by atoms with E-state index in [9.17, 15) is 48.9 Å². The molecule has 312 valence electrons. The predicted octanol–water partition coefficient (Wildman–Crippen LogP) is -3.16. The van der Waals surface area contributed by atoms with Crippen molar-refractivity contribution < 1.29 is 48.9 Å². The Labute approximate surface area is 321 Å². The summed E-state index contributed by atoms with van der Waals surface area (Å²) in [6.45, 7) is 9.93. The zero-order valence-corrected chi connectivity index (χ0v) is 32.7. The SMILES string of the molecule is CC[C@H](C)[C@H](N)C(=O)N[C@H](C(=O)N[C@H](C(=O)N1CCC[C@H]1C(=O)N[C@@H](CCCN=C(N)N)C(=O)N[C@H](C(=O)N1CCC[C@H]1C(=O)O)[C@@H](C)O)[C@@H](C)O)C(C)C. The average molecular weight is 783 g/mol. The van der Waals surface area contributed by atoms with Gasteiger partial charge in [-0.05, 0) is 64.2 Å². The molecule has 0 aromatic rings. The number of hydrogen-bond acceptors (Lipinski definition) is 11. The van der Waals surface area contributed by atoms with E-state index in [1.54, 1.807) is 13.8 Å². The number of nitrogens with two attached hydrogens (primary N) is 3. The van der Waals surface area contributed by atoms with Crippen LogP contribution in [-0.2, 0) is 33.6 Å². The minimum absolute atomic E-state index is 0.0352. The van der Waals surface area contributed by atoms with Gasteiger partial charge in [0.15, 0.2) is 5.96 Å². The van der Waals surface area contributed by atoms with Gasteiger partial charge in [0.2, 0.25) is 35.4 Å². The number of nitrogens with zero attached hydrogens (tertiary/aromatic N) is 3. The van der Waals surface area contributed by atoms with Gasteiger partial charge >= 0.3 is 5.97 Å². The van der Waals surface area contributed by atoms with Gasteiger partial charge in [-0.1, -0.05) is 34.1 Å². The van der Waals surface area contributed by atoms with Gasteiger partial charge in [-0.15, -0.1) is 0 Å². The smallest absolute Gasteiger partial charge is 0.326 e. The fourth-order valence-corrected chi connectivity index (χ4v) is 6.56. The molecule has 55 heavy (non-hydrogen) atoms. The Bertz CT molecular complexity index is 1410. The lowest BCUT2D eigenvalue weighted by Crippen LogP contribution is -2.62. The van der Waals surface area contributed by atoms with E-state index < -0.39 is 102 Å². The summed E-state index contributed by atoms with van der Waals surface area (Å²) in [6, 6.07) is -8.55. The Morgan fingerprint density at radius 2 is 1.24 bits per heavy atom. The van der Waals surface area contributed by atoms with Crippen LogP contribution in [0.2, 0.25) is 0 Å². The minimum Gasteiger partial charge on any atom is -0.480 e. The van der Waals surface area contributed by atoms with Crippen molar-refractivity contribution >= 4 is 47.4 Å². The van der Waals surface area contributed by atoms with Crippen molar-refractivity contribution in [2.45, 2.75) is 141 Å². The zero-order valence-electron chi connectivity index (χ0n) is 32.7. The van der Waals surface area contributed by atoms with E-state index in [1.807, 2.05) is 13.8 Å². The number of aliphatic hydroxyl groups excluding tert-OH is 2. The van der Waals surface area contributed by atoms with E-state index in [1.165, 1.54) is 18.7 Å². The summed E-state index contributed by atoms with van der Waals surface area (Å²) in [5.74, 6) is -6.42. The quantitative estimate of drug-likeness (QED) is 0.0332. The van der Waals surface area contributed by atoms with Crippen molar-refractivity contribution in [3.63, 3.8) is 0 Å². The lowest BCUT2D eigenvalue weighted by atomic mass is 9.97. The number of hydrogen-bond donors (Lipinski definition) is 10. The third-order valence-electron chi connectivity index (χ3n) is 10.1. The van der Waals surface area contributed by atoms with Gasteiger partial charge in [-0.3, -0.25) is 33.8 Å². The molecule has 0 bridgehead atoms. The van der Waals surface area contributed by atoms with E-state index in [2.05, 4.69) is 26.3 Å². The molecule has 2 heterocycles. The van der Waals surface area contributed by atoms with Gasteiger partial charge in [0, 0.05) is 19.6 Å². The molecule has 0 spiro atoms. The summed E-state index contributed by atoms with van der Waals surface area (Å²) in [5.41, 5.74) is 16.9. The number of aliphatic hydroxyl groups is 2. The maximum Gasteiger partial charge on any atom is 0.326 e. The van der Waals surface area contributed by atoms with Crippen molar-refractivity contribution in [2.24, 2.45) is 34.0 Å². The summed E-state index contributed by atoms with van der Waals surface area (Å²) < 4.78 is 0. The molecule has 2 saturated heterocycles. The third kappa shape index (κ3) is 13.0. The van der Waals surface area contributed by atoms with Crippen LogP contribution in [0.5, 0.6) is 0 Å². The number of rotatable bonds is 20. The first kappa shape index (κ1) is 46.6. The van der Waals surface area contributed by atoms with Crippen molar-refractivity contribution in [1.29, 1.82) is 0 Å². The van der Waals surface area contributed by atoms with E-state index >= 15 is 0 Å². The summed E-state index contributed by atoms with van der Waals surface area (Å²) in [6.07, 6.45) is -0.860. The highest BCUT2D eigenvalue weighted by Gasteiger charge is 2.43. The van der Waals surface area contributed by atoms with Crippen LogP contribution >= 0.6 is 0 Å². The number of amides is 6. The molecule has 2 aliphatic rings. The second kappa shape index (κ2) is 21.5. The molecule has 10 atom stereocenters. The van der Waals surface area contributed by atoms with Crippen molar-refractivity contribution in [3.05, 3.63) is 0 Å². The Kier molecular flexibility index (Phi) is 18.2. The second-order valence-electron chi connectivity index (χ2n) is 14.8. The van der Waals surface area contributed by atoms with Crippen LogP contribution in [0.4, 0.5) is 0 Å². The lowest BCUT2D eigenvalue weighted by molar-refractivity contribution is -0.150. The molecule has 6 amide bonds. The number of carbonyl (C=O) groups is 7. The van der Waals surface area contributed by atoms with Crippen LogP contribution in [0, 0.1) is 11.8 Å². The Morgan fingerprint density at radius 3 is 1.71 bits per heavy atom. The third-order valence-corrected chi connectivity index (χ3v) is 10.1. The molecule has 13 N–H and O–H groups in total. The van der Waals surface area contributed by atoms with Crippen LogP contribution < -0.4 is 38.5 Å². The molecular weight excluding hydrogens is 720 g/mol. The summed E-state index contributed by atoms with van der Waals surface area (Å²) in [7, 11) is 0. The van der Waals surface area contributed by atoms with Crippen LogP contribution in [-0.4, -0.2) is 147 Å². The van der Waals surface area contributed by atoms with Gasteiger partial charge in [-0.25, -0.2) is 4.79 Å². The number of carbonyl (C=O) groups excluding carboxylic acids is 6. The molecule has 2 rings (SSSR count). The van der Waals surface area contributed by atoms with Crippen LogP contribution in [0.3, 0.4) is 0 Å². The predicted molar refractivity (Wildman–Crippen MR) is 200 cm³/mol. The molecule has 0 saturated carbocycles. The second-order valence-corrected chi connectivity index (χ2v) is 14.8. The fraction of sp³-hybridized carbons (Fsp3) is 0.771. The highest BCUT2D eigenvalue weighted by atomic mass is 16.4. The van der Waals surface area contributed by atoms with Crippen LogP contribution in [0.1, 0.15) is 86.5 Å². The van der Waals surface area contributed by atoms with Gasteiger partial charge in [0.1, 0.15) is 36.3 Å². The molecule has 0 aliphatic carbocycles. The number of nitrogens with one attached hydrogen (secondary N) is 4. The number of carboxylic acids is 1. The number of likely N-dealkylation sites (tertiary alicyclic amines) is 2. The van der Waals surface area contributed by atoms with Crippen molar-refractivity contribution in [1.82, 2.24) is 31.1 Å². The molecule has 2 fully saturated rings. The van der Waals surface area contributed by atoms with Crippen molar-refractivity contribution in [2.75, 3.05) is 19.6 Å². The molecule has 20 heteroatoms. The normalized spacial score (nSPS) is 21.3. The number of guanidine groups is 1. The van der Waals surface area contributed by atoms with Gasteiger partial charge in [0.25, 0.3) is 0 Å². The fourth-order valence-electron chi connectivity index (χ4n) is 6.56. The first-order valence-corrected chi connectivity index (χ1v) is 19.0. The average Bonchev–Trinajstić information content (AvgIpc) is 3.82. The lowest BCUT2D eigenvalue weighted by Gasteiger charge is -2.33. The Hall–Kier alpha value is -4.56. The van der Waals surface area contributed by atoms with Crippen LogP contribution in [0.25, 0.3) is 0 Å². The monoisotopic (exact) mass is 782 g/mol. The first-order valence-electron chi connectivity index (χ1n) is 19.0. The van der Waals surface area contributed by atoms with E-state index in [0.29, 0.717) is 19.3 Å². The topological polar surface area (TPSA) is 325 Å². The minimum atomic E-state index is -1.53. The van der Waals surface area contributed by atoms with Gasteiger partial charge in [0.05, 0.1) is 18.2 Å². The molecular formula is C35H62N10O10. The van der Waals surface area contributed by atoms with Gasteiger partial charge < -0.3 is 63.6 Å². The molecule has 2 aliphatic heterocycles. The number of aliphatic carboxylic acids is 1. The highest BCUT2D eigenvalue weighted by molar-refractivity contribution is 5.97. The highest BCUT2D eigenvalue weighted by Crippen LogP contribution is 2.22. The molecule has 0 aromatic carbocycles. The van der Waals surface area contributed by atoms with E-state index in [4.69, 9.17) is 17.2 Å². The molecule has 20 nitrogen and oxygen atoms in total. The van der Waals surface area contributed by atoms with Crippen LogP contribution in [0.15, 0.2) is 4.99 Å². The van der Waals surface area contributed by atoms with Gasteiger partial charge in [-0.2, -0.15) is 0 Å².